The van der Waals surface area contributed by atoms with Crippen molar-refractivity contribution >= 4 is 11.9 Å². The van der Waals surface area contributed by atoms with Crippen molar-refractivity contribution in [2.24, 2.45) is 5.41 Å². The minimum Gasteiger partial charge on any atom is -0.490 e. The van der Waals surface area contributed by atoms with Gasteiger partial charge in [-0.3, -0.25) is 0 Å². The van der Waals surface area contributed by atoms with E-state index in [1.54, 1.807) is 6.20 Å². The molecular formula is C33H40N4O5. The minimum absolute atomic E-state index is 0.0495. The van der Waals surface area contributed by atoms with Gasteiger partial charge in [-0.25, -0.2) is 9.78 Å². The van der Waals surface area contributed by atoms with Crippen LogP contribution in [-0.2, 0) is 14.9 Å². The molecule has 0 bridgehead atoms. The monoisotopic (exact) mass is 572 g/mol. The molecule has 3 heterocycles. The van der Waals surface area contributed by atoms with Crippen LogP contribution in [0.5, 0.6) is 17.5 Å². The molecule has 1 amide bonds. The highest BCUT2D eigenvalue weighted by Gasteiger charge is 2.49. The van der Waals surface area contributed by atoms with Crippen molar-refractivity contribution in [3.8, 4) is 17.5 Å². The number of hydrogen-bond acceptors (Lipinski definition) is 8. The summed E-state index contributed by atoms with van der Waals surface area (Å²) >= 11 is 0. The first kappa shape index (κ1) is 28.3. The van der Waals surface area contributed by atoms with Gasteiger partial charge < -0.3 is 29.2 Å². The highest BCUT2D eigenvalue weighted by molar-refractivity contribution is 5.68. The Morgan fingerprint density at radius 2 is 1.52 bits per heavy atom. The lowest BCUT2D eigenvalue weighted by Gasteiger charge is -2.55. The molecule has 6 rings (SSSR count). The Balaban J connectivity index is 1.01. The molecule has 1 spiro atoms. The molecule has 1 saturated carbocycles. The summed E-state index contributed by atoms with van der Waals surface area (Å²) in [7, 11) is 0. The number of amides is 1. The van der Waals surface area contributed by atoms with Crippen molar-refractivity contribution in [2.75, 3.05) is 31.2 Å². The van der Waals surface area contributed by atoms with Gasteiger partial charge in [-0.15, -0.1) is 0 Å². The van der Waals surface area contributed by atoms with E-state index in [0.29, 0.717) is 30.0 Å². The van der Waals surface area contributed by atoms with E-state index in [1.807, 2.05) is 51.1 Å². The average Bonchev–Trinajstić information content (AvgIpc) is 2.86. The fourth-order valence-electron chi connectivity index (χ4n) is 5.61. The number of hydrogen-bond donors (Lipinski definition) is 1. The lowest BCUT2D eigenvalue weighted by molar-refractivity contribution is -0.127. The average molecular weight is 573 g/mol. The summed E-state index contributed by atoms with van der Waals surface area (Å²) in [5.74, 6) is 2.40. The topological polar surface area (TPSA) is 95.0 Å². The van der Waals surface area contributed by atoms with Crippen LogP contribution in [0.1, 0.15) is 58.6 Å². The quantitative estimate of drug-likeness (QED) is 0.358. The van der Waals surface area contributed by atoms with Crippen molar-refractivity contribution in [1.82, 2.24) is 15.3 Å². The van der Waals surface area contributed by atoms with Crippen LogP contribution >= 0.6 is 0 Å². The maximum Gasteiger partial charge on any atom is 0.407 e. The van der Waals surface area contributed by atoms with E-state index in [1.165, 1.54) is 11.1 Å². The van der Waals surface area contributed by atoms with Gasteiger partial charge in [0.2, 0.25) is 0 Å². The first-order chi connectivity index (χ1) is 20.0. The van der Waals surface area contributed by atoms with Crippen LogP contribution in [0.25, 0.3) is 0 Å². The fraction of sp³-hybridized carbons (Fsp3) is 0.485. The molecule has 1 N–H and O–H groups in total. The van der Waals surface area contributed by atoms with E-state index in [0.717, 1.165) is 37.9 Å². The number of benzene rings is 2. The molecule has 3 aromatic rings. The van der Waals surface area contributed by atoms with E-state index in [2.05, 4.69) is 58.3 Å². The predicted octanol–water partition coefficient (Wildman–Crippen LogP) is 5.87. The minimum atomic E-state index is -0.375. The van der Waals surface area contributed by atoms with Crippen LogP contribution in [-0.4, -0.2) is 60.1 Å². The molecule has 3 fully saturated rings. The molecule has 9 nitrogen and oxygen atoms in total. The van der Waals surface area contributed by atoms with Crippen molar-refractivity contribution < 1.29 is 23.7 Å². The summed E-state index contributed by atoms with van der Waals surface area (Å²) in [5.41, 5.74) is 2.14. The normalized spacial score (nSPS) is 21.0. The van der Waals surface area contributed by atoms with Gasteiger partial charge >= 0.3 is 12.1 Å². The second-order valence-electron chi connectivity index (χ2n) is 13.4. The fourth-order valence-corrected chi connectivity index (χ4v) is 5.61. The van der Waals surface area contributed by atoms with Crippen LogP contribution in [0.15, 0.2) is 60.8 Å². The number of nitrogens with one attached hydrogen (secondary N) is 1. The molecular weight excluding hydrogens is 532 g/mol. The second-order valence-corrected chi connectivity index (χ2v) is 13.4. The number of carbonyl (C=O) groups is 1. The van der Waals surface area contributed by atoms with Crippen LogP contribution < -0.4 is 19.7 Å². The van der Waals surface area contributed by atoms with Crippen molar-refractivity contribution in [3.63, 3.8) is 0 Å². The van der Waals surface area contributed by atoms with Gasteiger partial charge in [0.1, 0.15) is 29.5 Å². The first-order valence-corrected chi connectivity index (χ1v) is 14.7. The number of nitrogens with zero attached hydrogens (tertiary/aromatic N) is 3. The third-order valence-corrected chi connectivity index (χ3v) is 8.28. The molecule has 3 aliphatic rings. The Labute approximate surface area is 247 Å². The summed E-state index contributed by atoms with van der Waals surface area (Å²) in [5, 5.41) is 2.83. The van der Waals surface area contributed by atoms with Gasteiger partial charge in [-0.1, -0.05) is 38.1 Å². The largest absolute Gasteiger partial charge is 0.490 e. The predicted molar refractivity (Wildman–Crippen MR) is 159 cm³/mol. The van der Waals surface area contributed by atoms with Gasteiger partial charge in [-0.05, 0) is 62.2 Å². The molecule has 9 heteroatoms. The first-order valence-electron chi connectivity index (χ1n) is 14.7. The zero-order valence-corrected chi connectivity index (χ0v) is 25.1. The smallest absolute Gasteiger partial charge is 0.407 e. The van der Waals surface area contributed by atoms with Crippen molar-refractivity contribution in [3.05, 3.63) is 71.9 Å². The number of rotatable bonds is 8. The maximum absolute atomic E-state index is 12.0. The second kappa shape index (κ2) is 10.8. The van der Waals surface area contributed by atoms with Crippen LogP contribution in [0.3, 0.4) is 0 Å². The van der Waals surface area contributed by atoms with Gasteiger partial charge in [0.05, 0.1) is 18.6 Å². The number of ether oxygens (including phenoxy) is 4. The lowest BCUT2D eigenvalue weighted by Crippen LogP contribution is -2.66. The summed E-state index contributed by atoms with van der Waals surface area (Å²) in [6.07, 6.45) is 2.71. The lowest BCUT2D eigenvalue weighted by atomic mass is 9.78. The molecule has 42 heavy (non-hydrogen) atoms. The molecule has 0 atom stereocenters. The Hall–Kier alpha value is -3.85. The molecule has 2 saturated heterocycles. The Kier molecular flexibility index (Phi) is 7.25. The molecule has 0 unspecified atom stereocenters. The third kappa shape index (κ3) is 6.16. The number of anilines is 1. The van der Waals surface area contributed by atoms with Gasteiger partial charge in [-0.2, -0.15) is 4.98 Å². The maximum atomic E-state index is 12.0. The molecule has 2 aromatic carbocycles. The molecule has 1 aromatic heterocycles. The van der Waals surface area contributed by atoms with Crippen molar-refractivity contribution in [2.45, 2.75) is 70.6 Å². The standard InChI is InChI=1S/C33H40N4O5/c1-31(2,3)36-30(38)42-27-16-26(17-27)40-24-10-6-22(7-11-24)32(4,5)23-8-12-25(13-9-23)41-29-34-15-14-28(35-29)37-18-33(19-37)20-39-21-33/h6-15,26-27H,16-21H2,1-5H3,(H,36,38). The van der Waals surface area contributed by atoms with Crippen molar-refractivity contribution in [1.29, 1.82) is 0 Å². The van der Waals surface area contributed by atoms with E-state index in [9.17, 15) is 4.79 Å². The number of aromatic nitrogens is 2. The number of alkyl carbamates (subject to hydrolysis) is 1. The summed E-state index contributed by atoms with van der Waals surface area (Å²) < 4.78 is 23.0. The SMILES string of the molecule is CC(C)(C)NC(=O)OC1CC(Oc2ccc(C(C)(C)c3ccc(Oc4nccc(N5CC6(COC6)C5)n4)cc3)cc2)C1. The van der Waals surface area contributed by atoms with Gasteiger partial charge in [0, 0.05) is 43.1 Å². The van der Waals surface area contributed by atoms with Crippen LogP contribution in [0, 0.1) is 5.41 Å². The van der Waals surface area contributed by atoms with Crippen LogP contribution in [0.2, 0.25) is 0 Å². The van der Waals surface area contributed by atoms with Crippen LogP contribution in [0.4, 0.5) is 10.6 Å². The summed E-state index contributed by atoms with van der Waals surface area (Å²) in [6.45, 7) is 13.8. The molecule has 1 aliphatic carbocycles. The van der Waals surface area contributed by atoms with E-state index < -0.39 is 0 Å². The molecule has 0 radical (unpaired) electrons. The number of carbonyl (C=O) groups excluding carboxylic acids is 1. The molecule has 222 valence electrons. The van der Waals surface area contributed by atoms with E-state index >= 15 is 0 Å². The highest BCUT2D eigenvalue weighted by Crippen LogP contribution is 2.40. The van der Waals surface area contributed by atoms with Gasteiger partial charge in [0.15, 0.2) is 0 Å². The summed E-state index contributed by atoms with van der Waals surface area (Å²) in [6, 6.07) is 18.6. The van der Waals surface area contributed by atoms with E-state index in [4.69, 9.17) is 18.9 Å². The molecule has 2 aliphatic heterocycles. The Bertz CT molecular complexity index is 1400. The zero-order valence-electron chi connectivity index (χ0n) is 25.1. The summed E-state index contributed by atoms with van der Waals surface area (Å²) in [4.78, 5) is 23.1. The zero-order chi connectivity index (χ0) is 29.5. The van der Waals surface area contributed by atoms with E-state index in [-0.39, 0.29) is 29.3 Å². The third-order valence-electron chi connectivity index (χ3n) is 8.28. The Morgan fingerprint density at radius 3 is 2.10 bits per heavy atom. The Morgan fingerprint density at radius 1 is 0.905 bits per heavy atom. The van der Waals surface area contributed by atoms with Gasteiger partial charge in [0.25, 0.3) is 0 Å². The highest BCUT2D eigenvalue weighted by atomic mass is 16.6.